The van der Waals surface area contributed by atoms with Crippen LogP contribution in [0.15, 0.2) is 34.8 Å². The van der Waals surface area contributed by atoms with Crippen LogP contribution in [0.25, 0.3) is 0 Å². The number of hydrogen-bond acceptors (Lipinski definition) is 1. The van der Waals surface area contributed by atoms with Crippen molar-refractivity contribution in [1.29, 1.82) is 0 Å². The van der Waals surface area contributed by atoms with Crippen molar-refractivity contribution < 1.29 is 0 Å². The lowest BCUT2D eigenvalue weighted by Gasteiger charge is -1.97. The summed E-state index contributed by atoms with van der Waals surface area (Å²) in [6.07, 6.45) is 10.4. The Morgan fingerprint density at radius 3 is 2.18 bits per heavy atom. The van der Waals surface area contributed by atoms with Gasteiger partial charge in [0.2, 0.25) is 0 Å². The summed E-state index contributed by atoms with van der Waals surface area (Å²) >= 11 is 1.79. The maximum Gasteiger partial charge on any atom is 0.00555 e. The fourth-order valence-corrected chi connectivity index (χ4v) is 1.32. The normalized spacial score (nSPS) is 11.3. The van der Waals surface area contributed by atoms with Crippen molar-refractivity contribution in [3.63, 3.8) is 0 Å². The molecule has 0 aliphatic rings. The van der Waals surface area contributed by atoms with E-state index in [9.17, 15) is 0 Å². The van der Waals surface area contributed by atoms with Gasteiger partial charge in [-0.3, -0.25) is 0 Å². The van der Waals surface area contributed by atoms with Crippen LogP contribution in [0.3, 0.4) is 0 Å². The molecule has 0 unspecified atom stereocenters. The molecule has 0 bridgehead atoms. The maximum atomic E-state index is 2.14. The van der Waals surface area contributed by atoms with Gasteiger partial charge in [0.05, 0.1) is 0 Å². The van der Waals surface area contributed by atoms with Crippen LogP contribution in [-0.2, 0) is 0 Å². The molecule has 62 valence electrons. The van der Waals surface area contributed by atoms with Gasteiger partial charge < -0.3 is 0 Å². The van der Waals surface area contributed by atoms with Crippen LogP contribution in [0, 0.1) is 0 Å². The molecule has 0 saturated carbocycles. The van der Waals surface area contributed by atoms with Crippen LogP contribution in [0.1, 0.15) is 20.8 Å². The molecule has 0 spiro atoms. The van der Waals surface area contributed by atoms with Gasteiger partial charge in [0.15, 0.2) is 0 Å². The minimum Gasteiger partial charge on any atom is -0.130 e. The van der Waals surface area contributed by atoms with E-state index in [4.69, 9.17) is 0 Å². The summed E-state index contributed by atoms with van der Waals surface area (Å²) < 4.78 is 0. The Morgan fingerprint density at radius 1 is 1.18 bits per heavy atom. The van der Waals surface area contributed by atoms with E-state index in [0.717, 1.165) is 0 Å². The molecule has 0 nitrogen and oxygen atoms in total. The first kappa shape index (κ1) is 10.6. The van der Waals surface area contributed by atoms with Crippen LogP contribution < -0.4 is 0 Å². The summed E-state index contributed by atoms with van der Waals surface area (Å²) in [5.41, 5.74) is 1.37. The molecular formula is C10H16S. The van der Waals surface area contributed by atoms with Crippen molar-refractivity contribution in [3.05, 3.63) is 34.8 Å². The van der Waals surface area contributed by atoms with Gasteiger partial charge in [-0.05, 0) is 33.1 Å². The average Bonchev–Trinajstić information content (AvgIpc) is 1.97. The van der Waals surface area contributed by atoms with Crippen LogP contribution in [0.5, 0.6) is 0 Å². The summed E-state index contributed by atoms with van der Waals surface area (Å²) in [6, 6.07) is 0. The lowest BCUT2D eigenvalue weighted by atomic mass is 10.3. The van der Waals surface area contributed by atoms with Crippen molar-refractivity contribution >= 4 is 11.8 Å². The first-order valence-electron chi connectivity index (χ1n) is 3.73. The molecule has 0 aromatic heterocycles. The first-order chi connectivity index (χ1) is 5.22. The lowest BCUT2D eigenvalue weighted by Crippen LogP contribution is -1.72. The molecule has 0 heterocycles. The van der Waals surface area contributed by atoms with Gasteiger partial charge in [0.25, 0.3) is 0 Å². The second kappa shape index (κ2) is 6.29. The molecule has 11 heavy (non-hydrogen) atoms. The summed E-state index contributed by atoms with van der Waals surface area (Å²) in [5.74, 6) is 0. The van der Waals surface area contributed by atoms with E-state index in [-0.39, 0.29) is 0 Å². The predicted molar refractivity (Wildman–Crippen MR) is 55.8 cm³/mol. The van der Waals surface area contributed by atoms with Crippen molar-refractivity contribution in [3.8, 4) is 0 Å². The highest BCUT2D eigenvalue weighted by atomic mass is 32.2. The quantitative estimate of drug-likeness (QED) is 0.578. The molecule has 0 aliphatic heterocycles. The van der Waals surface area contributed by atoms with Gasteiger partial charge in [-0.1, -0.05) is 23.8 Å². The van der Waals surface area contributed by atoms with Gasteiger partial charge >= 0.3 is 0 Å². The van der Waals surface area contributed by atoms with E-state index in [1.165, 1.54) is 10.5 Å². The molecule has 0 rings (SSSR count). The smallest absolute Gasteiger partial charge is 0.00555 e. The third-order valence-electron chi connectivity index (χ3n) is 1.26. The second-order valence-electron chi connectivity index (χ2n) is 2.45. The Hall–Kier alpha value is -0.430. The van der Waals surface area contributed by atoms with E-state index in [0.29, 0.717) is 0 Å². The summed E-state index contributed by atoms with van der Waals surface area (Å²) in [6.45, 7) is 6.28. The number of allylic oxidation sites excluding steroid dienone is 5. The van der Waals surface area contributed by atoms with E-state index in [2.05, 4.69) is 32.3 Å². The molecule has 0 N–H and O–H groups in total. The van der Waals surface area contributed by atoms with Crippen LogP contribution in [0.2, 0.25) is 0 Å². The Labute approximate surface area is 74.1 Å². The molecule has 0 saturated heterocycles. The topological polar surface area (TPSA) is 0 Å². The third-order valence-corrected chi connectivity index (χ3v) is 2.25. The maximum absolute atomic E-state index is 2.14. The van der Waals surface area contributed by atoms with Crippen molar-refractivity contribution in [2.24, 2.45) is 0 Å². The highest BCUT2D eigenvalue weighted by Gasteiger charge is 1.88. The Bertz CT molecular complexity index is 181. The minimum absolute atomic E-state index is 1.35. The van der Waals surface area contributed by atoms with Crippen LogP contribution in [0.4, 0.5) is 0 Å². The molecule has 0 atom stereocenters. The highest BCUT2D eigenvalue weighted by molar-refractivity contribution is 8.02. The SMILES string of the molecule is C/C=C\C=C/C(SC)=C(C)C. The standard InChI is InChI=1S/C10H16S/c1-5-6-7-8-10(11-4)9(2)3/h5-8H,1-4H3/b6-5-,8-7-. The zero-order chi connectivity index (χ0) is 8.69. The van der Waals surface area contributed by atoms with Crippen LogP contribution >= 0.6 is 11.8 Å². The molecule has 0 aromatic rings. The van der Waals surface area contributed by atoms with E-state index in [1.807, 2.05) is 19.1 Å². The fraction of sp³-hybridized carbons (Fsp3) is 0.400. The highest BCUT2D eigenvalue weighted by Crippen LogP contribution is 2.17. The summed E-state index contributed by atoms with van der Waals surface area (Å²) in [4.78, 5) is 1.35. The fourth-order valence-electron chi connectivity index (χ4n) is 0.693. The summed E-state index contributed by atoms with van der Waals surface area (Å²) in [5, 5.41) is 0. The summed E-state index contributed by atoms with van der Waals surface area (Å²) in [7, 11) is 0. The Kier molecular flexibility index (Phi) is 6.05. The average molecular weight is 168 g/mol. The number of thioether (sulfide) groups is 1. The third kappa shape index (κ3) is 4.91. The second-order valence-corrected chi connectivity index (χ2v) is 3.30. The Balaban J connectivity index is 4.21. The monoisotopic (exact) mass is 168 g/mol. The molecule has 0 aromatic carbocycles. The van der Waals surface area contributed by atoms with Crippen molar-refractivity contribution in [2.45, 2.75) is 20.8 Å². The van der Waals surface area contributed by atoms with Crippen LogP contribution in [-0.4, -0.2) is 6.26 Å². The first-order valence-corrected chi connectivity index (χ1v) is 4.95. The van der Waals surface area contributed by atoms with Crippen molar-refractivity contribution in [1.82, 2.24) is 0 Å². The van der Waals surface area contributed by atoms with Gasteiger partial charge in [0.1, 0.15) is 0 Å². The molecule has 0 radical (unpaired) electrons. The predicted octanol–water partition coefficient (Wildman–Crippen LogP) is 3.78. The zero-order valence-electron chi connectivity index (χ0n) is 7.72. The van der Waals surface area contributed by atoms with E-state index in [1.54, 1.807) is 11.8 Å². The van der Waals surface area contributed by atoms with Gasteiger partial charge in [0, 0.05) is 4.91 Å². The lowest BCUT2D eigenvalue weighted by molar-refractivity contribution is 1.38. The number of rotatable bonds is 3. The van der Waals surface area contributed by atoms with Gasteiger partial charge in [-0.25, -0.2) is 0 Å². The van der Waals surface area contributed by atoms with Gasteiger partial charge in [-0.15, -0.1) is 11.8 Å². The largest absolute Gasteiger partial charge is 0.130 e. The molecule has 0 amide bonds. The van der Waals surface area contributed by atoms with Gasteiger partial charge in [-0.2, -0.15) is 0 Å². The van der Waals surface area contributed by atoms with E-state index < -0.39 is 0 Å². The molecular weight excluding hydrogens is 152 g/mol. The molecule has 0 aliphatic carbocycles. The number of hydrogen-bond donors (Lipinski definition) is 0. The molecule has 0 fully saturated rings. The van der Waals surface area contributed by atoms with E-state index >= 15 is 0 Å². The van der Waals surface area contributed by atoms with Crippen molar-refractivity contribution in [2.75, 3.05) is 6.26 Å². The molecule has 1 heteroatoms. The Morgan fingerprint density at radius 2 is 1.82 bits per heavy atom. The zero-order valence-corrected chi connectivity index (χ0v) is 8.53. The minimum atomic E-state index is 1.35.